The lowest BCUT2D eigenvalue weighted by Gasteiger charge is -2.33. The second kappa shape index (κ2) is 5.92. The molecule has 0 saturated carbocycles. The number of hydrogen-bond acceptors (Lipinski definition) is 3. The van der Waals surface area contributed by atoms with E-state index < -0.39 is 0 Å². The van der Waals surface area contributed by atoms with E-state index in [4.69, 9.17) is 4.74 Å². The highest BCUT2D eigenvalue weighted by molar-refractivity contribution is 5.57. The number of ether oxygens (including phenoxy) is 1. The summed E-state index contributed by atoms with van der Waals surface area (Å²) < 4.78 is 5.34. The number of hydrogen-bond donors (Lipinski definition) is 1. The molecule has 1 rings (SSSR count). The Morgan fingerprint density at radius 3 is 2.53 bits per heavy atom. The zero-order valence-corrected chi connectivity index (χ0v) is 11.2. The highest BCUT2D eigenvalue weighted by atomic mass is 16.5. The van der Waals surface area contributed by atoms with Gasteiger partial charge in [-0.15, -0.1) is 0 Å². The van der Waals surface area contributed by atoms with Crippen LogP contribution in [0.2, 0.25) is 0 Å². The molecule has 96 valence electrons. The maximum Gasteiger partial charge on any atom is 0.142 e. The van der Waals surface area contributed by atoms with E-state index in [9.17, 15) is 5.11 Å². The predicted octanol–water partition coefficient (Wildman–Crippen LogP) is 2.54. The molecular weight excluding hydrogens is 214 g/mol. The zero-order valence-electron chi connectivity index (χ0n) is 11.2. The van der Waals surface area contributed by atoms with Crippen LogP contribution in [0, 0.1) is 5.41 Å². The van der Waals surface area contributed by atoms with Gasteiger partial charge in [0.25, 0.3) is 0 Å². The maximum atomic E-state index is 9.45. The number of methoxy groups -OCH3 is 1. The van der Waals surface area contributed by atoms with Gasteiger partial charge in [-0.2, -0.15) is 0 Å². The lowest BCUT2D eigenvalue weighted by Crippen LogP contribution is -2.35. The quantitative estimate of drug-likeness (QED) is 0.825. The van der Waals surface area contributed by atoms with Crippen LogP contribution in [0.25, 0.3) is 0 Å². The fourth-order valence-corrected chi connectivity index (χ4v) is 1.88. The van der Waals surface area contributed by atoms with Crippen LogP contribution in [0.1, 0.15) is 20.3 Å². The van der Waals surface area contributed by atoms with E-state index in [0.717, 1.165) is 24.4 Å². The summed E-state index contributed by atoms with van der Waals surface area (Å²) in [6, 6.07) is 7.94. The maximum absolute atomic E-state index is 9.45. The summed E-state index contributed by atoms with van der Waals surface area (Å²) >= 11 is 0. The molecule has 0 saturated heterocycles. The first-order valence-electron chi connectivity index (χ1n) is 6.01. The Hall–Kier alpha value is -1.22. The molecule has 0 aliphatic carbocycles. The first-order chi connectivity index (χ1) is 8.06. The molecule has 3 heteroatoms. The van der Waals surface area contributed by atoms with Crippen molar-refractivity contribution in [3.63, 3.8) is 0 Å². The molecular formula is C14H23NO2. The van der Waals surface area contributed by atoms with Crippen molar-refractivity contribution in [2.75, 3.05) is 32.2 Å². The standard InChI is InChI=1S/C14H23NO2/c1-5-14(2,11-16)10-15(3)12-8-6-7-9-13(12)17-4/h6-9,16H,5,10-11H2,1-4H3. The number of rotatable bonds is 6. The van der Waals surface area contributed by atoms with Crippen molar-refractivity contribution in [2.45, 2.75) is 20.3 Å². The average molecular weight is 237 g/mol. The topological polar surface area (TPSA) is 32.7 Å². The Morgan fingerprint density at radius 1 is 1.35 bits per heavy atom. The van der Waals surface area contributed by atoms with Gasteiger partial charge < -0.3 is 14.7 Å². The molecule has 1 N–H and O–H groups in total. The van der Waals surface area contributed by atoms with E-state index in [1.807, 2.05) is 31.3 Å². The van der Waals surface area contributed by atoms with Gasteiger partial charge in [-0.3, -0.25) is 0 Å². The van der Waals surface area contributed by atoms with Crippen LogP contribution < -0.4 is 9.64 Å². The molecule has 0 bridgehead atoms. The van der Waals surface area contributed by atoms with E-state index >= 15 is 0 Å². The highest BCUT2D eigenvalue weighted by Gasteiger charge is 2.24. The smallest absolute Gasteiger partial charge is 0.142 e. The van der Waals surface area contributed by atoms with E-state index in [2.05, 4.69) is 18.7 Å². The number of benzene rings is 1. The molecule has 0 aromatic heterocycles. The van der Waals surface area contributed by atoms with E-state index in [1.165, 1.54) is 0 Å². The lowest BCUT2D eigenvalue weighted by molar-refractivity contribution is 0.144. The van der Waals surface area contributed by atoms with Crippen molar-refractivity contribution in [1.29, 1.82) is 0 Å². The van der Waals surface area contributed by atoms with Crippen molar-refractivity contribution >= 4 is 5.69 Å². The number of aliphatic hydroxyl groups is 1. The van der Waals surface area contributed by atoms with Crippen LogP contribution in [-0.4, -0.2) is 32.4 Å². The van der Waals surface area contributed by atoms with Gasteiger partial charge in [0.2, 0.25) is 0 Å². The van der Waals surface area contributed by atoms with Crippen molar-refractivity contribution in [1.82, 2.24) is 0 Å². The van der Waals surface area contributed by atoms with Gasteiger partial charge in [0.15, 0.2) is 0 Å². The molecule has 0 heterocycles. The first kappa shape index (κ1) is 13.8. The Morgan fingerprint density at radius 2 is 2.00 bits per heavy atom. The highest BCUT2D eigenvalue weighted by Crippen LogP contribution is 2.30. The van der Waals surface area contributed by atoms with Crippen LogP contribution >= 0.6 is 0 Å². The second-order valence-electron chi connectivity index (χ2n) is 4.85. The Balaban J connectivity index is 2.85. The van der Waals surface area contributed by atoms with Gasteiger partial charge in [-0.1, -0.05) is 26.0 Å². The average Bonchev–Trinajstić information content (AvgIpc) is 2.38. The number of anilines is 1. The lowest BCUT2D eigenvalue weighted by atomic mass is 9.88. The number of nitrogens with zero attached hydrogens (tertiary/aromatic N) is 1. The molecule has 1 atom stereocenters. The first-order valence-corrected chi connectivity index (χ1v) is 6.01. The zero-order chi connectivity index (χ0) is 12.9. The van der Waals surface area contributed by atoms with Gasteiger partial charge in [0.05, 0.1) is 19.4 Å². The van der Waals surface area contributed by atoms with Crippen LogP contribution in [0.3, 0.4) is 0 Å². The van der Waals surface area contributed by atoms with Crippen molar-refractivity contribution in [2.24, 2.45) is 5.41 Å². The molecule has 3 nitrogen and oxygen atoms in total. The van der Waals surface area contributed by atoms with Crippen LogP contribution in [0.15, 0.2) is 24.3 Å². The Bertz CT molecular complexity index is 348. The minimum absolute atomic E-state index is 0.0738. The van der Waals surface area contributed by atoms with E-state index in [-0.39, 0.29) is 12.0 Å². The fraction of sp³-hybridized carbons (Fsp3) is 0.571. The molecule has 0 radical (unpaired) electrons. The summed E-state index contributed by atoms with van der Waals surface area (Å²) in [5, 5.41) is 9.45. The third kappa shape index (κ3) is 3.37. The predicted molar refractivity (Wildman–Crippen MR) is 71.7 cm³/mol. The fourth-order valence-electron chi connectivity index (χ4n) is 1.88. The SMILES string of the molecule is CCC(C)(CO)CN(C)c1ccccc1OC. The van der Waals surface area contributed by atoms with Gasteiger partial charge >= 0.3 is 0 Å². The molecule has 0 aliphatic heterocycles. The molecule has 1 aromatic carbocycles. The minimum Gasteiger partial charge on any atom is -0.495 e. The second-order valence-corrected chi connectivity index (χ2v) is 4.85. The third-order valence-electron chi connectivity index (χ3n) is 3.35. The largest absolute Gasteiger partial charge is 0.495 e. The summed E-state index contributed by atoms with van der Waals surface area (Å²) in [6.07, 6.45) is 0.947. The van der Waals surface area contributed by atoms with E-state index in [0.29, 0.717) is 0 Å². The molecule has 17 heavy (non-hydrogen) atoms. The molecule has 0 amide bonds. The summed E-state index contributed by atoms with van der Waals surface area (Å²) in [7, 11) is 3.71. The summed E-state index contributed by atoms with van der Waals surface area (Å²) in [4.78, 5) is 2.14. The summed E-state index contributed by atoms with van der Waals surface area (Å²) in [5.41, 5.74) is 0.985. The van der Waals surface area contributed by atoms with Gasteiger partial charge in [-0.25, -0.2) is 0 Å². The molecule has 0 spiro atoms. The van der Waals surface area contributed by atoms with Crippen LogP contribution in [0.5, 0.6) is 5.75 Å². The Labute approximate surface area is 104 Å². The Kier molecular flexibility index (Phi) is 4.82. The van der Waals surface area contributed by atoms with E-state index in [1.54, 1.807) is 7.11 Å². The van der Waals surface area contributed by atoms with Crippen molar-refractivity contribution in [3.8, 4) is 5.75 Å². The van der Waals surface area contributed by atoms with Crippen LogP contribution in [0.4, 0.5) is 5.69 Å². The molecule has 1 unspecified atom stereocenters. The van der Waals surface area contributed by atoms with Crippen molar-refractivity contribution in [3.05, 3.63) is 24.3 Å². The monoisotopic (exact) mass is 237 g/mol. The third-order valence-corrected chi connectivity index (χ3v) is 3.35. The van der Waals surface area contributed by atoms with Gasteiger partial charge in [-0.05, 0) is 18.6 Å². The molecule has 0 aliphatic rings. The summed E-state index contributed by atoms with van der Waals surface area (Å²) in [5.74, 6) is 0.867. The summed E-state index contributed by atoms with van der Waals surface area (Å²) in [6.45, 7) is 5.20. The van der Waals surface area contributed by atoms with Gasteiger partial charge in [0, 0.05) is 19.0 Å². The van der Waals surface area contributed by atoms with Crippen LogP contribution in [-0.2, 0) is 0 Å². The van der Waals surface area contributed by atoms with Gasteiger partial charge in [0.1, 0.15) is 5.75 Å². The molecule has 1 aromatic rings. The number of para-hydroxylation sites is 2. The minimum atomic E-state index is -0.0738. The van der Waals surface area contributed by atoms with Crippen molar-refractivity contribution < 1.29 is 9.84 Å². The molecule has 0 fully saturated rings. The normalized spacial score (nSPS) is 14.2. The number of aliphatic hydroxyl groups excluding tert-OH is 1.